The van der Waals surface area contributed by atoms with Crippen LogP contribution in [-0.4, -0.2) is 66.3 Å². The highest BCUT2D eigenvalue weighted by molar-refractivity contribution is 5.73. The highest BCUT2D eigenvalue weighted by atomic mass is 17.1. The highest BCUT2D eigenvalue weighted by Gasteiger charge is 2.51. The lowest BCUT2D eigenvalue weighted by atomic mass is 9.96. The van der Waals surface area contributed by atoms with E-state index in [1.807, 2.05) is 0 Å². The van der Waals surface area contributed by atoms with Gasteiger partial charge in [0.1, 0.15) is 18.8 Å². The van der Waals surface area contributed by atoms with Gasteiger partial charge in [-0.3, -0.25) is 19.2 Å². The molecule has 142 valence electrons. The molecule has 0 spiro atoms. The van der Waals surface area contributed by atoms with Crippen molar-refractivity contribution in [3.63, 3.8) is 0 Å². The van der Waals surface area contributed by atoms with Gasteiger partial charge < -0.3 is 24.3 Å². The van der Waals surface area contributed by atoms with E-state index in [-0.39, 0.29) is 6.61 Å². The zero-order valence-corrected chi connectivity index (χ0v) is 14.2. The Morgan fingerprint density at radius 3 is 1.96 bits per heavy atom. The molecule has 1 rings (SSSR count). The summed E-state index contributed by atoms with van der Waals surface area (Å²) in [5, 5.41) is 11.5. The van der Waals surface area contributed by atoms with Gasteiger partial charge in [-0.15, -0.1) is 0 Å². The molecule has 0 aliphatic carbocycles. The van der Waals surface area contributed by atoms with E-state index < -0.39 is 54.5 Å². The quantitative estimate of drug-likeness (QED) is 0.264. The minimum absolute atomic E-state index is 0.363. The van der Waals surface area contributed by atoms with Crippen LogP contribution >= 0.6 is 0 Å². The number of ether oxygens (including phenoxy) is 4. The number of hydrogen-bond donors (Lipinski definition) is 2. The third kappa shape index (κ3) is 6.29. The number of carbonyl (C=O) groups excluding carboxylic acids is 4. The molecule has 25 heavy (non-hydrogen) atoms. The SMILES string of the molecule is CC(=O)NC1C(OC(C)=O)[C@@H](OC(C)=O)C(COC(C)=O)O[C@H]1OO. The van der Waals surface area contributed by atoms with Crippen molar-refractivity contribution in [2.75, 3.05) is 6.61 Å². The van der Waals surface area contributed by atoms with Gasteiger partial charge in [-0.2, -0.15) is 0 Å². The van der Waals surface area contributed by atoms with Gasteiger partial charge in [0.25, 0.3) is 0 Å². The average Bonchev–Trinajstić information content (AvgIpc) is 2.48. The van der Waals surface area contributed by atoms with Gasteiger partial charge >= 0.3 is 17.9 Å². The average molecular weight is 363 g/mol. The standard InChI is InChI=1S/C14H21NO10/c1-6(16)15-11-13(23-9(4)19)12(22-8(3)18)10(5-21-7(2)17)24-14(11)25-20/h10-14,20H,5H2,1-4H3,(H,15,16)/t10?,11?,12-,13?,14-/m0/s1. The van der Waals surface area contributed by atoms with Crippen molar-refractivity contribution in [1.82, 2.24) is 5.32 Å². The van der Waals surface area contributed by atoms with Gasteiger partial charge in [-0.25, -0.2) is 10.1 Å². The first-order valence-electron chi connectivity index (χ1n) is 7.36. The number of rotatable bonds is 6. The van der Waals surface area contributed by atoms with Gasteiger partial charge in [-0.05, 0) is 0 Å². The van der Waals surface area contributed by atoms with E-state index in [2.05, 4.69) is 10.2 Å². The van der Waals surface area contributed by atoms with E-state index in [1.54, 1.807) is 0 Å². The molecule has 0 aromatic heterocycles. The van der Waals surface area contributed by atoms with Crippen LogP contribution in [0.1, 0.15) is 27.7 Å². The van der Waals surface area contributed by atoms with Crippen LogP contribution in [0.5, 0.6) is 0 Å². The van der Waals surface area contributed by atoms with Crippen molar-refractivity contribution in [1.29, 1.82) is 0 Å². The van der Waals surface area contributed by atoms with E-state index in [0.717, 1.165) is 20.8 Å². The van der Waals surface area contributed by atoms with E-state index in [9.17, 15) is 19.2 Å². The third-order valence-corrected chi connectivity index (χ3v) is 3.18. The molecule has 1 saturated heterocycles. The summed E-state index contributed by atoms with van der Waals surface area (Å²) in [5.74, 6) is -2.61. The number of nitrogens with one attached hydrogen (secondary N) is 1. The van der Waals surface area contributed by atoms with Gasteiger partial charge in [0.05, 0.1) is 0 Å². The van der Waals surface area contributed by atoms with Crippen LogP contribution in [0.25, 0.3) is 0 Å². The molecule has 1 fully saturated rings. The molecule has 1 aliphatic rings. The van der Waals surface area contributed by atoms with Crippen molar-refractivity contribution in [3.05, 3.63) is 0 Å². The van der Waals surface area contributed by atoms with Gasteiger partial charge in [-0.1, -0.05) is 0 Å². The first-order valence-corrected chi connectivity index (χ1v) is 7.36. The Kier molecular flexibility index (Phi) is 7.74. The fourth-order valence-corrected chi connectivity index (χ4v) is 2.38. The minimum atomic E-state index is -1.46. The third-order valence-electron chi connectivity index (χ3n) is 3.18. The molecule has 11 nitrogen and oxygen atoms in total. The largest absolute Gasteiger partial charge is 0.463 e. The van der Waals surface area contributed by atoms with E-state index in [0.29, 0.717) is 0 Å². The molecule has 0 aromatic rings. The van der Waals surface area contributed by atoms with Gasteiger partial charge in [0, 0.05) is 27.7 Å². The van der Waals surface area contributed by atoms with Crippen molar-refractivity contribution in [2.24, 2.45) is 0 Å². The summed E-state index contributed by atoms with van der Waals surface area (Å²) in [7, 11) is 0. The van der Waals surface area contributed by atoms with Crippen LogP contribution in [-0.2, 0) is 43.0 Å². The molecule has 2 N–H and O–H groups in total. The zero-order chi connectivity index (χ0) is 19.1. The number of carbonyl (C=O) groups is 4. The molecule has 11 heteroatoms. The Labute approximate surface area is 143 Å². The molecule has 1 aliphatic heterocycles. The van der Waals surface area contributed by atoms with Gasteiger partial charge in [0.15, 0.2) is 12.2 Å². The summed E-state index contributed by atoms with van der Waals surface area (Å²) >= 11 is 0. The normalized spacial score (nSPS) is 28.6. The molecule has 0 radical (unpaired) electrons. The topological polar surface area (TPSA) is 147 Å². The minimum Gasteiger partial charge on any atom is -0.463 e. The van der Waals surface area contributed by atoms with Gasteiger partial charge in [0.2, 0.25) is 12.2 Å². The highest BCUT2D eigenvalue weighted by Crippen LogP contribution is 2.27. The van der Waals surface area contributed by atoms with E-state index in [4.69, 9.17) is 24.2 Å². The number of amides is 1. The van der Waals surface area contributed by atoms with Crippen LogP contribution in [0.3, 0.4) is 0 Å². The van der Waals surface area contributed by atoms with Crippen molar-refractivity contribution in [3.8, 4) is 0 Å². The monoisotopic (exact) mass is 363 g/mol. The van der Waals surface area contributed by atoms with Crippen molar-refractivity contribution >= 4 is 23.8 Å². The predicted octanol–water partition coefficient (Wildman–Crippen LogP) is -0.868. The second-order valence-electron chi connectivity index (χ2n) is 5.33. The van der Waals surface area contributed by atoms with Crippen molar-refractivity contribution in [2.45, 2.75) is 58.3 Å². The van der Waals surface area contributed by atoms with Crippen LogP contribution in [0, 0.1) is 0 Å². The molecule has 5 atom stereocenters. The summed E-state index contributed by atoms with van der Waals surface area (Å²) in [4.78, 5) is 49.5. The number of esters is 3. The Bertz CT molecular complexity index is 522. The fourth-order valence-electron chi connectivity index (χ4n) is 2.38. The Balaban J connectivity index is 3.18. The van der Waals surface area contributed by atoms with Crippen molar-refractivity contribution < 1.29 is 48.3 Å². The Morgan fingerprint density at radius 2 is 1.52 bits per heavy atom. The second kappa shape index (κ2) is 9.30. The molecule has 0 bridgehead atoms. The molecular weight excluding hydrogens is 342 g/mol. The zero-order valence-electron chi connectivity index (χ0n) is 14.2. The first kappa shape index (κ1) is 20.8. The van der Waals surface area contributed by atoms with Crippen LogP contribution in [0.15, 0.2) is 0 Å². The smallest absolute Gasteiger partial charge is 0.303 e. The predicted molar refractivity (Wildman–Crippen MR) is 77.7 cm³/mol. The summed E-state index contributed by atoms with van der Waals surface area (Å²) in [6, 6.07) is -1.18. The maximum atomic E-state index is 11.4. The lowest BCUT2D eigenvalue weighted by Crippen LogP contribution is -2.66. The summed E-state index contributed by atoms with van der Waals surface area (Å²) in [6.45, 7) is 4.22. The summed E-state index contributed by atoms with van der Waals surface area (Å²) < 4.78 is 20.5. The maximum absolute atomic E-state index is 11.4. The van der Waals surface area contributed by atoms with E-state index >= 15 is 0 Å². The summed E-state index contributed by atoms with van der Waals surface area (Å²) in [5.41, 5.74) is 0. The molecule has 0 aromatic carbocycles. The van der Waals surface area contributed by atoms with Crippen LogP contribution in [0.4, 0.5) is 0 Å². The lowest BCUT2D eigenvalue weighted by molar-refractivity contribution is -0.387. The van der Waals surface area contributed by atoms with E-state index in [1.165, 1.54) is 6.92 Å². The molecular formula is C14H21NO10. The lowest BCUT2D eigenvalue weighted by Gasteiger charge is -2.43. The Morgan fingerprint density at radius 1 is 0.960 bits per heavy atom. The molecule has 3 unspecified atom stereocenters. The van der Waals surface area contributed by atoms with Crippen LogP contribution < -0.4 is 5.32 Å². The fraction of sp³-hybridized carbons (Fsp3) is 0.714. The number of hydrogen-bond acceptors (Lipinski definition) is 10. The summed E-state index contributed by atoms with van der Waals surface area (Å²) in [6.07, 6.45) is -5.04. The molecule has 1 heterocycles. The Hall–Kier alpha value is -2.24. The molecule has 1 amide bonds. The second-order valence-corrected chi connectivity index (χ2v) is 5.33. The maximum Gasteiger partial charge on any atom is 0.303 e. The first-order chi connectivity index (χ1) is 11.6. The molecule has 0 saturated carbocycles. The van der Waals surface area contributed by atoms with Crippen LogP contribution in [0.2, 0.25) is 0 Å².